The normalized spacial score (nSPS) is 17.6. The SMILES string of the molecule is CCC(N)(CC)CCNC(CC)(CC)CCN1CNCN(CCC(N)(CC)CC)C1. The Hall–Kier alpha value is -0.240. The number of nitrogens with zero attached hydrogens (tertiary/aromatic N) is 2. The lowest BCUT2D eigenvalue weighted by Crippen LogP contribution is -2.56. The highest BCUT2D eigenvalue weighted by molar-refractivity contribution is 4.90. The van der Waals surface area contributed by atoms with Crippen molar-refractivity contribution in [1.82, 2.24) is 20.4 Å². The number of hydrogen-bond donors (Lipinski definition) is 4. The topological polar surface area (TPSA) is 82.6 Å². The Morgan fingerprint density at radius 1 is 0.700 bits per heavy atom. The van der Waals surface area contributed by atoms with Crippen molar-refractivity contribution >= 4 is 0 Å². The summed E-state index contributed by atoms with van der Waals surface area (Å²) in [6, 6.07) is 0. The van der Waals surface area contributed by atoms with Gasteiger partial charge in [0, 0.05) is 29.7 Å². The van der Waals surface area contributed by atoms with Crippen molar-refractivity contribution in [2.24, 2.45) is 11.5 Å². The smallest absolute Gasteiger partial charge is 0.0529 e. The van der Waals surface area contributed by atoms with Crippen molar-refractivity contribution in [1.29, 1.82) is 0 Å². The number of nitrogens with two attached hydrogens (primary N) is 2. The lowest BCUT2D eigenvalue weighted by atomic mass is 9.86. The molecule has 0 aromatic rings. The maximum absolute atomic E-state index is 6.52. The molecule has 1 heterocycles. The van der Waals surface area contributed by atoms with Crippen LogP contribution in [0, 0.1) is 0 Å². The third-order valence-electron chi connectivity index (χ3n) is 8.20. The molecule has 30 heavy (non-hydrogen) atoms. The van der Waals surface area contributed by atoms with E-state index in [0.29, 0.717) is 0 Å². The van der Waals surface area contributed by atoms with Crippen LogP contribution in [0.3, 0.4) is 0 Å². The Balaban J connectivity index is 2.52. The van der Waals surface area contributed by atoms with Crippen molar-refractivity contribution in [2.75, 3.05) is 39.6 Å². The van der Waals surface area contributed by atoms with Gasteiger partial charge in [-0.1, -0.05) is 41.5 Å². The molecular weight excluding hydrogens is 372 g/mol. The van der Waals surface area contributed by atoms with Crippen molar-refractivity contribution < 1.29 is 0 Å². The molecule has 1 fully saturated rings. The molecule has 0 aliphatic carbocycles. The molecule has 0 atom stereocenters. The number of hydrogen-bond acceptors (Lipinski definition) is 6. The Labute approximate surface area is 187 Å². The van der Waals surface area contributed by atoms with Gasteiger partial charge in [0.25, 0.3) is 0 Å². The van der Waals surface area contributed by atoms with Crippen molar-refractivity contribution in [3.63, 3.8) is 0 Å². The summed E-state index contributed by atoms with van der Waals surface area (Å²) < 4.78 is 0. The summed E-state index contributed by atoms with van der Waals surface area (Å²) in [6.45, 7) is 19.7. The fraction of sp³-hybridized carbons (Fsp3) is 1.00. The maximum atomic E-state index is 6.52. The van der Waals surface area contributed by atoms with Gasteiger partial charge >= 0.3 is 0 Å². The first-order valence-electron chi connectivity index (χ1n) is 12.7. The van der Waals surface area contributed by atoms with E-state index in [4.69, 9.17) is 11.5 Å². The quantitative estimate of drug-likeness (QED) is 0.303. The second-order valence-corrected chi connectivity index (χ2v) is 9.80. The van der Waals surface area contributed by atoms with E-state index in [2.05, 4.69) is 62.0 Å². The van der Waals surface area contributed by atoms with Crippen LogP contribution in [0.15, 0.2) is 0 Å². The fourth-order valence-corrected chi connectivity index (χ4v) is 4.53. The van der Waals surface area contributed by atoms with Crippen molar-refractivity contribution in [3.05, 3.63) is 0 Å². The van der Waals surface area contributed by atoms with E-state index in [1.807, 2.05) is 0 Å². The minimum Gasteiger partial charge on any atom is -0.325 e. The van der Waals surface area contributed by atoms with E-state index in [0.717, 1.165) is 91.0 Å². The maximum Gasteiger partial charge on any atom is 0.0529 e. The van der Waals surface area contributed by atoms with Crippen LogP contribution >= 0.6 is 0 Å². The first kappa shape index (κ1) is 27.8. The molecule has 0 aromatic heterocycles. The van der Waals surface area contributed by atoms with Gasteiger partial charge in [-0.25, -0.2) is 0 Å². The van der Waals surface area contributed by atoms with Crippen LogP contribution in [-0.2, 0) is 0 Å². The predicted molar refractivity (Wildman–Crippen MR) is 131 cm³/mol. The van der Waals surface area contributed by atoms with Gasteiger partial charge in [0.05, 0.1) is 20.0 Å². The minimum atomic E-state index is -0.0211. The van der Waals surface area contributed by atoms with E-state index in [1.54, 1.807) is 0 Å². The fourth-order valence-electron chi connectivity index (χ4n) is 4.53. The summed E-state index contributed by atoms with van der Waals surface area (Å²) in [4.78, 5) is 5.06. The Morgan fingerprint density at radius 2 is 1.17 bits per heavy atom. The largest absolute Gasteiger partial charge is 0.325 e. The van der Waals surface area contributed by atoms with Gasteiger partial charge in [0.15, 0.2) is 0 Å². The Kier molecular flexibility index (Phi) is 12.4. The van der Waals surface area contributed by atoms with Gasteiger partial charge in [-0.05, 0) is 64.3 Å². The highest BCUT2D eigenvalue weighted by Crippen LogP contribution is 2.23. The molecular formula is C24H54N6. The van der Waals surface area contributed by atoms with Crippen LogP contribution in [-0.4, -0.2) is 66.1 Å². The van der Waals surface area contributed by atoms with E-state index >= 15 is 0 Å². The molecule has 6 N–H and O–H groups in total. The van der Waals surface area contributed by atoms with Crippen LogP contribution in [0.5, 0.6) is 0 Å². The zero-order valence-electron chi connectivity index (χ0n) is 21.2. The molecule has 0 amide bonds. The summed E-state index contributed by atoms with van der Waals surface area (Å²) >= 11 is 0. The first-order chi connectivity index (χ1) is 14.2. The number of rotatable bonds is 16. The Bertz CT molecular complexity index is 443. The van der Waals surface area contributed by atoms with E-state index in [9.17, 15) is 0 Å². The third kappa shape index (κ3) is 8.71. The van der Waals surface area contributed by atoms with Gasteiger partial charge in [0.2, 0.25) is 0 Å². The lowest BCUT2D eigenvalue weighted by Gasteiger charge is -2.41. The summed E-state index contributed by atoms with van der Waals surface area (Å²) in [5.41, 5.74) is 13.2. The van der Waals surface area contributed by atoms with Gasteiger partial charge in [-0.3, -0.25) is 15.1 Å². The zero-order chi connectivity index (χ0) is 22.7. The molecule has 180 valence electrons. The summed E-state index contributed by atoms with van der Waals surface area (Å²) in [5, 5.41) is 7.49. The van der Waals surface area contributed by atoms with Crippen LogP contribution in [0.4, 0.5) is 0 Å². The molecule has 0 radical (unpaired) electrons. The molecule has 0 unspecified atom stereocenters. The van der Waals surface area contributed by atoms with Gasteiger partial charge in [-0.15, -0.1) is 0 Å². The predicted octanol–water partition coefficient (Wildman–Crippen LogP) is 3.42. The zero-order valence-corrected chi connectivity index (χ0v) is 21.2. The van der Waals surface area contributed by atoms with Crippen molar-refractivity contribution in [3.8, 4) is 0 Å². The lowest BCUT2D eigenvalue weighted by molar-refractivity contribution is 0.0510. The first-order valence-corrected chi connectivity index (χ1v) is 12.7. The Morgan fingerprint density at radius 3 is 1.63 bits per heavy atom. The third-order valence-corrected chi connectivity index (χ3v) is 8.20. The van der Waals surface area contributed by atoms with Crippen molar-refractivity contribution in [2.45, 2.75) is 116 Å². The molecule has 0 aromatic carbocycles. The highest BCUT2D eigenvalue weighted by Gasteiger charge is 2.29. The van der Waals surface area contributed by atoms with Crippen LogP contribution in [0.25, 0.3) is 0 Å². The molecule has 1 saturated heterocycles. The van der Waals surface area contributed by atoms with Gasteiger partial charge in [-0.2, -0.15) is 0 Å². The molecule has 1 rings (SSSR count). The average Bonchev–Trinajstić information content (AvgIpc) is 2.80. The molecule has 1 aliphatic heterocycles. The van der Waals surface area contributed by atoms with Gasteiger partial charge < -0.3 is 16.8 Å². The van der Waals surface area contributed by atoms with Crippen LogP contribution in [0.2, 0.25) is 0 Å². The molecule has 0 saturated carbocycles. The molecule has 1 aliphatic rings. The number of nitrogens with one attached hydrogen (secondary N) is 2. The molecule has 6 heteroatoms. The monoisotopic (exact) mass is 426 g/mol. The van der Waals surface area contributed by atoms with Gasteiger partial charge in [0.1, 0.15) is 0 Å². The van der Waals surface area contributed by atoms with E-state index in [1.165, 1.54) is 6.42 Å². The molecule has 0 bridgehead atoms. The highest BCUT2D eigenvalue weighted by atomic mass is 15.4. The van der Waals surface area contributed by atoms with E-state index in [-0.39, 0.29) is 16.6 Å². The summed E-state index contributed by atoms with van der Waals surface area (Å²) in [6.07, 6.45) is 9.82. The molecule has 6 nitrogen and oxygen atoms in total. The minimum absolute atomic E-state index is 0.0129. The van der Waals surface area contributed by atoms with E-state index < -0.39 is 0 Å². The summed E-state index contributed by atoms with van der Waals surface area (Å²) in [5.74, 6) is 0. The average molecular weight is 427 g/mol. The second kappa shape index (κ2) is 13.3. The van der Waals surface area contributed by atoms with Crippen LogP contribution < -0.4 is 22.1 Å². The van der Waals surface area contributed by atoms with Crippen LogP contribution in [0.1, 0.15) is 99.3 Å². The molecule has 0 spiro atoms. The summed E-state index contributed by atoms with van der Waals surface area (Å²) in [7, 11) is 0. The standard InChI is InChI=1S/C24H54N6/c1-7-22(25,8-2)13-16-28-24(11-5,12-6)15-18-30-20-27-19-29(21-30)17-14-23(26,9-3)10-4/h27-28H,7-21,25-26H2,1-6H3. The second-order valence-electron chi connectivity index (χ2n) is 9.80.